The van der Waals surface area contributed by atoms with Crippen molar-refractivity contribution in [2.75, 3.05) is 6.61 Å². The van der Waals surface area contributed by atoms with Gasteiger partial charge in [-0.2, -0.15) is 0 Å². The monoisotopic (exact) mass is 532 g/mol. The minimum Gasteiger partial charge on any atom is -0.504 e. The van der Waals surface area contributed by atoms with Crippen LogP contribution in [0.15, 0.2) is 35.9 Å². The third kappa shape index (κ3) is 4.94. The van der Waals surface area contributed by atoms with E-state index in [4.69, 9.17) is 14.6 Å². The number of hydrogen-bond acceptors (Lipinski definition) is 11. The summed E-state index contributed by atoms with van der Waals surface area (Å²) in [5.74, 6) is -9.31. The lowest BCUT2D eigenvalue weighted by molar-refractivity contribution is -0.208. The summed E-state index contributed by atoms with van der Waals surface area (Å²) in [5.41, 5.74) is -0.0777. The minimum absolute atomic E-state index is 0.116. The van der Waals surface area contributed by atoms with E-state index in [9.17, 15) is 50.1 Å². The topological polar surface area (TPSA) is 232 Å². The molecule has 1 aliphatic heterocycles. The summed E-state index contributed by atoms with van der Waals surface area (Å²) in [7, 11) is 0. The Balaban J connectivity index is 1.81. The van der Waals surface area contributed by atoms with Crippen molar-refractivity contribution in [2.24, 2.45) is 5.92 Å². The SMILES string of the molecule is O=C(O)C[C@@H]1OC[C@H](O)[C@H](O)[C@H]1OC(=O)C1=Cc2cc(O)c(O)cc2[C@@H](c2ccc(O)c(O)c2)[C@H]1C(=O)O. The Morgan fingerprint density at radius 1 is 0.921 bits per heavy atom. The van der Waals surface area contributed by atoms with Gasteiger partial charge in [0, 0.05) is 5.92 Å². The van der Waals surface area contributed by atoms with E-state index in [1.54, 1.807) is 0 Å². The smallest absolute Gasteiger partial charge is 0.335 e. The third-order valence-electron chi connectivity index (χ3n) is 6.55. The first-order valence-electron chi connectivity index (χ1n) is 11.3. The van der Waals surface area contributed by atoms with E-state index < -0.39 is 95.8 Å². The predicted molar refractivity (Wildman–Crippen MR) is 124 cm³/mol. The second-order valence-corrected chi connectivity index (χ2v) is 9.01. The molecule has 13 heteroatoms. The van der Waals surface area contributed by atoms with Gasteiger partial charge in [-0.25, -0.2) is 4.79 Å². The first-order valence-corrected chi connectivity index (χ1v) is 11.3. The molecular formula is C25H24O13. The number of aromatic hydroxyl groups is 4. The number of carbonyl (C=O) groups excluding carboxylic acids is 1. The summed E-state index contributed by atoms with van der Waals surface area (Å²) >= 11 is 0. The van der Waals surface area contributed by atoms with Crippen molar-refractivity contribution in [2.45, 2.75) is 36.8 Å². The summed E-state index contributed by atoms with van der Waals surface area (Å²) in [4.78, 5) is 37.1. The van der Waals surface area contributed by atoms with Gasteiger partial charge in [0.1, 0.15) is 18.3 Å². The van der Waals surface area contributed by atoms with Crippen molar-refractivity contribution < 1.29 is 64.7 Å². The molecule has 1 heterocycles. The van der Waals surface area contributed by atoms with Crippen LogP contribution in [0.3, 0.4) is 0 Å². The number of phenols is 4. The number of aliphatic carboxylic acids is 2. The molecule has 2 aromatic carbocycles. The second kappa shape index (κ2) is 10.2. The van der Waals surface area contributed by atoms with Crippen LogP contribution in [0.1, 0.15) is 29.0 Å². The maximum absolute atomic E-state index is 13.4. The van der Waals surface area contributed by atoms with Crippen LogP contribution in [0.2, 0.25) is 0 Å². The molecule has 0 amide bonds. The number of benzene rings is 2. The fourth-order valence-corrected chi connectivity index (χ4v) is 4.73. The van der Waals surface area contributed by atoms with Crippen molar-refractivity contribution in [3.8, 4) is 23.0 Å². The predicted octanol–water partition coefficient (Wildman–Crippen LogP) is 0.246. The number of aliphatic hydroxyl groups excluding tert-OH is 2. The van der Waals surface area contributed by atoms with Crippen molar-refractivity contribution in [1.82, 2.24) is 0 Å². The van der Waals surface area contributed by atoms with Gasteiger partial charge in [-0.05, 0) is 47.0 Å². The van der Waals surface area contributed by atoms with E-state index >= 15 is 0 Å². The van der Waals surface area contributed by atoms with Gasteiger partial charge in [-0.15, -0.1) is 0 Å². The first kappa shape index (κ1) is 26.7. The number of carboxylic acid groups (broad SMARTS) is 2. The molecule has 0 spiro atoms. The molecule has 0 bridgehead atoms. The number of fused-ring (bicyclic) bond motifs is 1. The minimum atomic E-state index is -1.73. The number of carboxylic acids is 2. The lowest BCUT2D eigenvalue weighted by Gasteiger charge is -2.38. The Morgan fingerprint density at radius 2 is 1.58 bits per heavy atom. The first-order chi connectivity index (χ1) is 17.9. The normalized spacial score (nSPS) is 26.6. The molecule has 202 valence electrons. The second-order valence-electron chi connectivity index (χ2n) is 9.01. The van der Waals surface area contributed by atoms with Gasteiger partial charge < -0.3 is 50.3 Å². The molecule has 1 fully saturated rings. The highest BCUT2D eigenvalue weighted by atomic mass is 16.6. The van der Waals surface area contributed by atoms with E-state index in [2.05, 4.69) is 0 Å². The van der Waals surface area contributed by atoms with Gasteiger partial charge in [0.25, 0.3) is 0 Å². The van der Waals surface area contributed by atoms with Crippen molar-refractivity contribution >= 4 is 24.0 Å². The number of hydrogen-bond donors (Lipinski definition) is 8. The van der Waals surface area contributed by atoms with E-state index in [0.717, 1.165) is 30.3 Å². The summed E-state index contributed by atoms with van der Waals surface area (Å²) in [6.07, 6.45) is -5.84. The summed E-state index contributed by atoms with van der Waals surface area (Å²) in [6, 6.07) is 5.67. The van der Waals surface area contributed by atoms with Gasteiger partial charge >= 0.3 is 17.9 Å². The fourth-order valence-electron chi connectivity index (χ4n) is 4.73. The highest BCUT2D eigenvalue weighted by molar-refractivity contribution is 6.02. The van der Waals surface area contributed by atoms with E-state index in [1.165, 1.54) is 6.07 Å². The third-order valence-corrected chi connectivity index (χ3v) is 6.55. The lowest BCUT2D eigenvalue weighted by Crippen LogP contribution is -2.55. The molecule has 13 nitrogen and oxygen atoms in total. The van der Waals surface area contributed by atoms with E-state index in [0.29, 0.717) is 0 Å². The molecular weight excluding hydrogens is 508 g/mol. The van der Waals surface area contributed by atoms with Crippen LogP contribution >= 0.6 is 0 Å². The standard InChI is InChI=1S/C25H24O13/c26-13-2-1-9(4-14(13)27)20-11-6-16(29)15(28)5-10(11)3-12(21(20)24(34)35)25(36)38-23-18(7-19(31)32)37-8-17(30)22(23)33/h1-6,17-18,20-23,26-30,33H,7-8H2,(H,31,32)(H,34,35)/t17-,18-,20+,21-,22-,23-/m0/s1. The number of carbonyl (C=O) groups is 3. The number of esters is 1. The summed E-state index contributed by atoms with van der Waals surface area (Å²) in [5, 5.41) is 79.6. The maximum atomic E-state index is 13.4. The van der Waals surface area contributed by atoms with E-state index in [1.807, 2.05) is 0 Å². The van der Waals surface area contributed by atoms with Crippen molar-refractivity contribution in [1.29, 1.82) is 0 Å². The van der Waals surface area contributed by atoms with Gasteiger partial charge in [0.2, 0.25) is 0 Å². The number of rotatable bonds is 6. The zero-order chi connectivity index (χ0) is 27.9. The largest absolute Gasteiger partial charge is 0.504 e. The number of aliphatic hydroxyl groups is 2. The zero-order valence-electron chi connectivity index (χ0n) is 19.5. The Bertz CT molecular complexity index is 1320. The van der Waals surface area contributed by atoms with Gasteiger partial charge in [0.15, 0.2) is 29.1 Å². The molecule has 2 aliphatic rings. The van der Waals surface area contributed by atoms with Crippen molar-refractivity contribution in [3.63, 3.8) is 0 Å². The molecule has 38 heavy (non-hydrogen) atoms. The molecule has 0 unspecified atom stereocenters. The van der Waals surface area contributed by atoms with Gasteiger partial charge in [-0.3, -0.25) is 9.59 Å². The molecule has 0 radical (unpaired) electrons. The molecule has 8 N–H and O–H groups in total. The number of phenolic OH excluding ortho intramolecular Hbond substituents is 4. The van der Waals surface area contributed by atoms with Crippen molar-refractivity contribution in [3.05, 3.63) is 52.6 Å². The van der Waals surface area contributed by atoms with Crippen LogP contribution in [0.4, 0.5) is 0 Å². The molecule has 4 rings (SSSR count). The average molecular weight is 532 g/mol. The number of ether oxygens (including phenoxy) is 2. The highest BCUT2D eigenvalue weighted by Crippen LogP contribution is 2.47. The quantitative estimate of drug-likeness (QED) is 0.184. The van der Waals surface area contributed by atoms with Crippen LogP contribution in [-0.2, 0) is 23.9 Å². The Hall–Kier alpha value is -4.33. The summed E-state index contributed by atoms with van der Waals surface area (Å²) in [6.45, 7) is -0.420. The molecule has 2 aromatic rings. The molecule has 1 aliphatic carbocycles. The van der Waals surface area contributed by atoms with Gasteiger partial charge in [-0.1, -0.05) is 6.07 Å². The van der Waals surface area contributed by atoms with E-state index in [-0.39, 0.29) is 16.7 Å². The van der Waals surface area contributed by atoms with Crippen LogP contribution in [-0.4, -0.2) is 89.8 Å². The highest BCUT2D eigenvalue weighted by Gasteiger charge is 2.46. The Morgan fingerprint density at radius 3 is 2.21 bits per heavy atom. The lowest BCUT2D eigenvalue weighted by atomic mass is 9.71. The summed E-state index contributed by atoms with van der Waals surface area (Å²) < 4.78 is 10.6. The van der Waals surface area contributed by atoms with Gasteiger partial charge in [0.05, 0.1) is 24.5 Å². The zero-order valence-corrected chi connectivity index (χ0v) is 19.5. The molecule has 6 atom stereocenters. The van der Waals surface area contributed by atoms with Crippen LogP contribution < -0.4 is 0 Å². The molecule has 0 aromatic heterocycles. The van der Waals surface area contributed by atoms with Crippen LogP contribution in [0.5, 0.6) is 23.0 Å². The fraction of sp³-hybridized carbons (Fsp3) is 0.320. The Kier molecular flexibility index (Phi) is 7.18. The average Bonchev–Trinajstić information content (AvgIpc) is 2.84. The Labute approximate surface area is 214 Å². The van der Waals surface area contributed by atoms with Crippen LogP contribution in [0.25, 0.3) is 6.08 Å². The molecule has 1 saturated heterocycles. The van der Waals surface area contributed by atoms with Crippen LogP contribution in [0, 0.1) is 5.92 Å². The maximum Gasteiger partial charge on any atom is 0.335 e. The molecule has 0 saturated carbocycles.